The molecule has 0 aliphatic carbocycles. The van der Waals surface area contributed by atoms with Gasteiger partial charge in [0.25, 0.3) is 5.91 Å². The van der Waals surface area contributed by atoms with Gasteiger partial charge in [-0.15, -0.1) is 0 Å². The Kier molecular flexibility index (Phi) is 2.84. The summed E-state index contributed by atoms with van der Waals surface area (Å²) in [5.41, 5.74) is 5.97. The van der Waals surface area contributed by atoms with Crippen LogP contribution in [0.3, 0.4) is 0 Å². The topological polar surface area (TPSA) is 116 Å². The van der Waals surface area contributed by atoms with Gasteiger partial charge in [-0.1, -0.05) is 0 Å². The van der Waals surface area contributed by atoms with E-state index >= 15 is 0 Å². The number of carbonyl (C=O) groups excluding carboxylic acids is 1. The number of aromatic nitrogens is 4. The van der Waals surface area contributed by atoms with Crippen LogP contribution in [0.5, 0.6) is 0 Å². The smallest absolute Gasteiger partial charge is 0.339 e. The van der Waals surface area contributed by atoms with Crippen LogP contribution in [0.15, 0.2) is 18.6 Å². The lowest BCUT2D eigenvalue weighted by Gasteiger charge is -2.03. The fourth-order valence-electron chi connectivity index (χ4n) is 1.56. The van der Waals surface area contributed by atoms with Crippen LogP contribution in [0.1, 0.15) is 26.4 Å². The van der Waals surface area contributed by atoms with Crippen molar-refractivity contribution in [3.8, 4) is 0 Å². The molecule has 0 aliphatic rings. The molecule has 0 saturated heterocycles. The van der Waals surface area contributed by atoms with Crippen LogP contribution in [0.25, 0.3) is 0 Å². The summed E-state index contributed by atoms with van der Waals surface area (Å²) in [6.45, 7) is 0.200. The number of aryl methyl sites for hydroxylation is 1. The van der Waals surface area contributed by atoms with E-state index < -0.39 is 11.9 Å². The molecule has 0 saturated carbocycles. The van der Waals surface area contributed by atoms with Crippen molar-refractivity contribution in [1.29, 1.82) is 0 Å². The Hall–Kier alpha value is -2.64. The third kappa shape index (κ3) is 2.08. The minimum Gasteiger partial charge on any atom is -0.478 e. The summed E-state index contributed by atoms with van der Waals surface area (Å²) in [6, 6.07) is 0. The van der Waals surface area contributed by atoms with Gasteiger partial charge in [0, 0.05) is 13.2 Å². The highest BCUT2D eigenvalue weighted by atomic mass is 16.4. The maximum Gasteiger partial charge on any atom is 0.339 e. The number of hydrogen-bond donors (Lipinski definition) is 2. The molecule has 0 spiro atoms. The van der Waals surface area contributed by atoms with E-state index in [0.29, 0.717) is 5.69 Å². The van der Waals surface area contributed by atoms with Gasteiger partial charge in [-0.25, -0.2) is 4.79 Å². The molecule has 0 aliphatic heterocycles. The van der Waals surface area contributed by atoms with Gasteiger partial charge in [-0.2, -0.15) is 10.2 Å². The molecule has 1 amide bonds. The van der Waals surface area contributed by atoms with Crippen molar-refractivity contribution in [3.05, 3.63) is 35.4 Å². The second-order valence-corrected chi connectivity index (χ2v) is 3.72. The Morgan fingerprint density at radius 3 is 2.67 bits per heavy atom. The molecule has 0 bridgehead atoms. The average molecular weight is 249 g/mol. The van der Waals surface area contributed by atoms with Gasteiger partial charge in [0.05, 0.1) is 30.2 Å². The molecule has 2 aromatic rings. The quantitative estimate of drug-likeness (QED) is 0.755. The lowest BCUT2D eigenvalue weighted by molar-refractivity contribution is 0.0695. The first-order chi connectivity index (χ1) is 8.49. The highest BCUT2D eigenvalue weighted by Crippen LogP contribution is 2.09. The SMILES string of the molecule is Cn1ncc(C(=O)O)c1Cn1cc(C(N)=O)cn1. The zero-order valence-corrected chi connectivity index (χ0v) is 9.57. The number of nitrogens with two attached hydrogens (primary N) is 1. The zero-order valence-electron chi connectivity index (χ0n) is 9.57. The summed E-state index contributed by atoms with van der Waals surface area (Å²) in [4.78, 5) is 21.9. The number of primary amides is 1. The number of carbonyl (C=O) groups is 2. The zero-order chi connectivity index (χ0) is 13.3. The van der Waals surface area contributed by atoms with Crippen LogP contribution in [0, 0.1) is 0 Å². The Balaban J connectivity index is 2.30. The normalized spacial score (nSPS) is 10.5. The maximum absolute atomic E-state index is 11.0. The highest BCUT2D eigenvalue weighted by Gasteiger charge is 2.16. The molecule has 2 aromatic heterocycles. The van der Waals surface area contributed by atoms with Crippen molar-refractivity contribution >= 4 is 11.9 Å². The standard InChI is InChI=1S/C10H11N5O3/c1-14-8(7(3-12-14)10(17)18)5-15-4-6(2-13-15)9(11)16/h2-4H,5H2,1H3,(H2,11,16)(H,17,18). The summed E-state index contributed by atoms with van der Waals surface area (Å²) in [7, 11) is 1.64. The van der Waals surface area contributed by atoms with E-state index in [4.69, 9.17) is 10.8 Å². The van der Waals surface area contributed by atoms with Crippen LogP contribution in [0.2, 0.25) is 0 Å². The van der Waals surface area contributed by atoms with E-state index in [1.54, 1.807) is 7.05 Å². The van der Waals surface area contributed by atoms with Gasteiger partial charge in [-0.3, -0.25) is 14.2 Å². The second kappa shape index (κ2) is 4.32. The second-order valence-electron chi connectivity index (χ2n) is 3.72. The van der Waals surface area contributed by atoms with Gasteiger partial charge < -0.3 is 10.8 Å². The summed E-state index contributed by atoms with van der Waals surface area (Å²) < 4.78 is 2.89. The van der Waals surface area contributed by atoms with Crippen LogP contribution in [-0.2, 0) is 13.6 Å². The molecule has 0 radical (unpaired) electrons. The minimum absolute atomic E-state index is 0.105. The van der Waals surface area contributed by atoms with Crippen LogP contribution < -0.4 is 5.73 Å². The Morgan fingerprint density at radius 1 is 1.39 bits per heavy atom. The van der Waals surface area contributed by atoms with Crippen LogP contribution >= 0.6 is 0 Å². The predicted octanol–water partition coefficient (Wildman–Crippen LogP) is -0.538. The number of aromatic carboxylic acids is 1. The van der Waals surface area contributed by atoms with Crippen molar-refractivity contribution in [1.82, 2.24) is 19.6 Å². The Labute approximate surface area is 102 Å². The average Bonchev–Trinajstić information content (AvgIpc) is 2.88. The van der Waals surface area contributed by atoms with E-state index in [1.807, 2.05) is 0 Å². The van der Waals surface area contributed by atoms with Gasteiger partial charge in [0.1, 0.15) is 5.56 Å². The number of nitrogens with zero attached hydrogens (tertiary/aromatic N) is 4. The van der Waals surface area contributed by atoms with Crippen molar-refractivity contribution < 1.29 is 14.7 Å². The maximum atomic E-state index is 11.0. The van der Waals surface area contributed by atoms with E-state index in [1.165, 1.54) is 28.0 Å². The highest BCUT2D eigenvalue weighted by molar-refractivity contribution is 5.92. The lowest BCUT2D eigenvalue weighted by Crippen LogP contribution is -2.11. The summed E-state index contributed by atoms with van der Waals surface area (Å²) in [5, 5.41) is 16.8. The third-order valence-corrected chi connectivity index (χ3v) is 2.52. The van der Waals surface area contributed by atoms with Crippen LogP contribution in [-0.4, -0.2) is 36.5 Å². The van der Waals surface area contributed by atoms with E-state index in [0.717, 1.165) is 0 Å². The largest absolute Gasteiger partial charge is 0.478 e. The molecule has 0 fully saturated rings. The first kappa shape index (κ1) is 11.8. The van der Waals surface area contributed by atoms with Crippen molar-refractivity contribution in [2.24, 2.45) is 12.8 Å². The fraction of sp³-hybridized carbons (Fsp3) is 0.200. The molecule has 18 heavy (non-hydrogen) atoms. The van der Waals surface area contributed by atoms with Gasteiger partial charge in [-0.05, 0) is 0 Å². The lowest BCUT2D eigenvalue weighted by atomic mass is 10.2. The number of hydrogen-bond acceptors (Lipinski definition) is 4. The summed E-state index contributed by atoms with van der Waals surface area (Å²) in [6.07, 6.45) is 4.07. The minimum atomic E-state index is -1.06. The molecule has 0 unspecified atom stereocenters. The molecule has 2 rings (SSSR count). The van der Waals surface area contributed by atoms with E-state index in [-0.39, 0.29) is 17.7 Å². The molecule has 0 atom stereocenters. The van der Waals surface area contributed by atoms with Crippen molar-refractivity contribution in [2.75, 3.05) is 0 Å². The van der Waals surface area contributed by atoms with Crippen molar-refractivity contribution in [2.45, 2.75) is 6.54 Å². The van der Waals surface area contributed by atoms with Gasteiger partial charge in [0.2, 0.25) is 0 Å². The molecule has 8 nitrogen and oxygen atoms in total. The number of carboxylic acids is 1. The summed E-state index contributed by atoms with van der Waals surface area (Å²) in [5.74, 6) is -1.63. The van der Waals surface area contributed by atoms with Crippen LogP contribution in [0.4, 0.5) is 0 Å². The van der Waals surface area contributed by atoms with E-state index in [2.05, 4.69) is 10.2 Å². The number of rotatable bonds is 4. The molecular weight excluding hydrogens is 238 g/mol. The molecule has 8 heteroatoms. The first-order valence-electron chi connectivity index (χ1n) is 5.05. The Morgan fingerprint density at radius 2 is 2.11 bits per heavy atom. The fourth-order valence-corrected chi connectivity index (χ4v) is 1.56. The summed E-state index contributed by atoms with van der Waals surface area (Å²) >= 11 is 0. The predicted molar refractivity (Wildman–Crippen MR) is 60.0 cm³/mol. The number of amides is 1. The Bertz CT molecular complexity index is 613. The first-order valence-corrected chi connectivity index (χ1v) is 5.05. The molecule has 0 aromatic carbocycles. The van der Waals surface area contributed by atoms with Gasteiger partial charge in [0.15, 0.2) is 0 Å². The van der Waals surface area contributed by atoms with Crippen molar-refractivity contribution in [3.63, 3.8) is 0 Å². The van der Waals surface area contributed by atoms with Gasteiger partial charge >= 0.3 is 5.97 Å². The van der Waals surface area contributed by atoms with E-state index in [9.17, 15) is 9.59 Å². The molecule has 2 heterocycles. The third-order valence-electron chi connectivity index (χ3n) is 2.52. The molecule has 94 valence electrons. The molecular formula is C10H11N5O3. The number of carboxylic acid groups (broad SMARTS) is 1. The monoisotopic (exact) mass is 249 g/mol. The molecule has 3 N–H and O–H groups in total.